The highest BCUT2D eigenvalue weighted by molar-refractivity contribution is 5.91. The van der Waals surface area contributed by atoms with Gasteiger partial charge in [-0.05, 0) is 43.7 Å². The molecule has 27 heavy (non-hydrogen) atoms. The van der Waals surface area contributed by atoms with Crippen molar-refractivity contribution < 1.29 is 23.1 Å². The van der Waals surface area contributed by atoms with Crippen LogP contribution in [0.1, 0.15) is 22.8 Å². The van der Waals surface area contributed by atoms with E-state index >= 15 is 0 Å². The molecule has 0 saturated heterocycles. The molecule has 0 spiro atoms. The molecule has 0 aliphatic heterocycles. The average Bonchev–Trinajstić information content (AvgIpc) is 2.63. The molecule has 0 fully saturated rings. The summed E-state index contributed by atoms with van der Waals surface area (Å²) in [4.78, 5) is 25.7. The van der Waals surface area contributed by atoms with E-state index in [2.05, 4.69) is 16.3 Å². The van der Waals surface area contributed by atoms with Gasteiger partial charge >= 0.3 is 5.97 Å². The van der Waals surface area contributed by atoms with Crippen LogP contribution in [0.2, 0.25) is 0 Å². The summed E-state index contributed by atoms with van der Waals surface area (Å²) in [6.45, 7) is 5.22. The maximum atomic E-state index is 13.5. The van der Waals surface area contributed by atoms with Gasteiger partial charge in [0.1, 0.15) is 11.6 Å². The number of amides is 1. The van der Waals surface area contributed by atoms with Gasteiger partial charge in [0, 0.05) is 31.4 Å². The molecule has 2 rings (SSSR count). The van der Waals surface area contributed by atoms with Crippen LogP contribution < -0.4 is 10.2 Å². The fourth-order valence-electron chi connectivity index (χ4n) is 2.54. The molecule has 0 aromatic heterocycles. The van der Waals surface area contributed by atoms with Crippen LogP contribution in [0.3, 0.4) is 0 Å². The molecule has 7 heteroatoms. The van der Waals surface area contributed by atoms with Crippen LogP contribution in [-0.4, -0.2) is 38.1 Å². The number of nitrogens with zero attached hydrogens (tertiary/aromatic N) is 1. The Kier molecular flexibility index (Phi) is 7.28. The number of carbonyl (C=O) groups excluding carboxylic acids is 2. The Morgan fingerprint density at radius 1 is 1.15 bits per heavy atom. The van der Waals surface area contributed by atoms with E-state index in [0.29, 0.717) is 19.2 Å². The average molecular weight is 376 g/mol. The Labute approximate surface area is 156 Å². The van der Waals surface area contributed by atoms with Gasteiger partial charge in [-0.2, -0.15) is 0 Å². The van der Waals surface area contributed by atoms with Crippen molar-refractivity contribution >= 4 is 17.6 Å². The van der Waals surface area contributed by atoms with Crippen LogP contribution in [-0.2, 0) is 9.53 Å². The van der Waals surface area contributed by atoms with Gasteiger partial charge in [0.05, 0.1) is 5.56 Å². The van der Waals surface area contributed by atoms with Crippen molar-refractivity contribution in [3.63, 3.8) is 0 Å². The van der Waals surface area contributed by atoms with E-state index < -0.39 is 35.7 Å². The number of hydrogen-bond donors (Lipinski definition) is 1. The first-order valence-electron chi connectivity index (χ1n) is 8.61. The van der Waals surface area contributed by atoms with Gasteiger partial charge < -0.3 is 15.0 Å². The van der Waals surface area contributed by atoms with E-state index in [1.165, 1.54) is 0 Å². The minimum absolute atomic E-state index is 0.364. The fourth-order valence-corrected chi connectivity index (χ4v) is 2.54. The Balaban J connectivity index is 1.78. The quantitative estimate of drug-likeness (QED) is 0.720. The maximum Gasteiger partial charge on any atom is 0.341 e. The summed E-state index contributed by atoms with van der Waals surface area (Å²) in [5.74, 6) is -3.34. The van der Waals surface area contributed by atoms with E-state index in [1.807, 2.05) is 32.0 Å². The molecule has 2 aromatic rings. The molecule has 1 amide bonds. The molecule has 0 aliphatic rings. The van der Waals surface area contributed by atoms with Crippen molar-refractivity contribution in [3.8, 4) is 0 Å². The number of aryl methyl sites for hydroxylation is 1. The van der Waals surface area contributed by atoms with E-state index in [0.717, 1.165) is 29.9 Å². The number of anilines is 1. The normalized spacial score (nSPS) is 10.4. The Morgan fingerprint density at radius 3 is 2.59 bits per heavy atom. The first-order valence-corrected chi connectivity index (χ1v) is 8.61. The molecule has 0 aliphatic carbocycles. The van der Waals surface area contributed by atoms with Gasteiger partial charge in [-0.25, -0.2) is 13.6 Å². The number of ether oxygens (including phenoxy) is 1. The van der Waals surface area contributed by atoms with Crippen LogP contribution in [0.5, 0.6) is 0 Å². The number of esters is 1. The van der Waals surface area contributed by atoms with Crippen LogP contribution in [0, 0.1) is 18.6 Å². The monoisotopic (exact) mass is 376 g/mol. The first-order chi connectivity index (χ1) is 12.9. The molecule has 0 heterocycles. The van der Waals surface area contributed by atoms with Crippen molar-refractivity contribution in [1.29, 1.82) is 0 Å². The lowest BCUT2D eigenvalue weighted by molar-refractivity contribution is -0.124. The Bertz CT molecular complexity index is 812. The Hall–Kier alpha value is -2.96. The zero-order valence-electron chi connectivity index (χ0n) is 15.3. The molecule has 0 bridgehead atoms. The summed E-state index contributed by atoms with van der Waals surface area (Å²) in [6, 6.07) is 10.6. The summed E-state index contributed by atoms with van der Waals surface area (Å²) in [5, 5.41) is 2.65. The lowest BCUT2D eigenvalue weighted by Gasteiger charge is -2.23. The first kappa shape index (κ1) is 20.4. The van der Waals surface area contributed by atoms with Gasteiger partial charge in [0.25, 0.3) is 5.91 Å². The van der Waals surface area contributed by atoms with Crippen molar-refractivity contribution in [2.75, 3.05) is 31.1 Å². The zero-order valence-corrected chi connectivity index (χ0v) is 15.3. The second-order valence-corrected chi connectivity index (χ2v) is 5.97. The molecule has 0 radical (unpaired) electrons. The number of carbonyl (C=O) groups is 2. The maximum absolute atomic E-state index is 13.5. The van der Waals surface area contributed by atoms with Crippen LogP contribution in [0.4, 0.5) is 14.5 Å². The number of nitrogens with one attached hydrogen (secondary N) is 1. The Morgan fingerprint density at radius 2 is 1.93 bits per heavy atom. The van der Waals surface area contributed by atoms with Gasteiger partial charge in [0.15, 0.2) is 6.61 Å². The third-order valence-electron chi connectivity index (χ3n) is 3.94. The summed E-state index contributed by atoms with van der Waals surface area (Å²) < 4.78 is 31.1. The standard InChI is InChI=1S/C20H22F2N2O3/c1-3-24(16-6-4-5-14(2)11-16)10-9-23-19(25)13-27-20(26)17-8-7-15(21)12-18(17)22/h4-8,11-12H,3,9-10,13H2,1-2H3,(H,23,25). The minimum atomic E-state index is -1.03. The van der Waals surface area contributed by atoms with Crippen molar-refractivity contribution in [3.05, 3.63) is 65.2 Å². The van der Waals surface area contributed by atoms with E-state index in [4.69, 9.17) is 4.74 Å². The van der Waals surface area contributed by atoms with Crippen molar-refractivity contribution in [1.82, 2.24) is 5.32 Å². The van der Waals surface area contributed by atoms with Crippen molar-refractivity contribution in [2.24, 2.45) is 0 Å². The molecular formula is C20H22F2N2O3. The topological polar surface area (TPSA) is 58.6 Å². The minimum Gasteiger partial charge on any atom is -0.452 e. The predicted octanol–water partition coefficient (Wildman–Crippen LogP) is 3.07. The highest BCUT2D eigenvalue weighted by Gasteiger charge is 2.15. The molecular weight excluding hydrogens is 354 g/mol. The van der Waals surface area contributed by atoms with Gasteiger partial charge in [0.2, 0.25) is 0 Å². The van der Waals surface area contributed by atoms with Gasteiger partial charge in [-0.3, -0.25) is 4.79 Å². The molecule has 5 nitrogen and oxygen atoms in total. The number of benzene rings is 2. The van der Waals surface area contributed by atoms with Crippen LogP contribution in [0.15, 0.2) is 42.5 Å². The second-order valence-electron chi connectivity index (χ2n) is 5.97. The molecule has 0 saturated carbocycles. The third-order valence-corrected chi connectivity index (χ3v) is 3.94. The predicted molar refractivity (Wildman–Crippen MR) is 98.7 cm³/mol. The highest BCUT2D eigenvalue weighted by Crippen LogP contribution is 2.15. The molecule has 2 aromatic carbocycles. The number of hydrogen-bond acceptors (Lipinski definition) is 4. The van der Waals surface area contributed by atoms with E-state index in [-0.39, 0.29) is 0 Å². The van der Waals surface area contributed by atoms with Gasteiger partial charge in [-0.1, -0.05) is 12.1 Å². The van der Waals surface area contributed by atoms with Crippen molar-refractivity contribution in [2.45, 2.75) is 13.8 Å². The largest absolute Gasteiger partial charge is 0.452 e. The number of likely N-dealkylation sites (N-methyl/N-ethyl adjacent to an activating group) is 1. The molecule has 1 N–H and O–H groups in total. The lowest BCUT2D eigenvalue weighted by atomic mass is 10.2. The van der Waals surface area contributed by atoms with Crippen LogP contribution in [0.25, 0.3) is 0 Å². The zero-order chi connectivity index (χ0) is 19.8. The third kappa shape index (κ3) is 6.06. The summed E-state index contributed by atoms with van der Waals surface area (Å²) in [7, 11) is 0. The fraction of sp³-hybridized carbons (Fsp3) is 0.300. The number of halogens is 2. The van der Waals surface area contributed by atoms with E-state index in [9.17, 15) is 18.4 Å². The number of rotatable bonds is 8. The molecule has 0 atom stereocenters. The summed E-state index contributed by atoms with van der Waals surface area (Å²) in [6.07, 6.45) is 0. The van der Waals surface area contributed by atoms with Crippen LogP contribution >= 0.6 is 0 Å². The molecule has 144 valence electrons. The lowest BCUT2D eigenvalue weighted by Crippen LogP contribution is -2.37. The molecule has 0 unspecified atom stereocenters. The van der Waals surface area contributed by atoms with Gasteiger partial charge in [-0.15, -0.1) is 0 Å². The highest BCUT2D eigenvalue weighted by atomic mass is 19.1. The smallest absolute Gasteiger partial charge is 0.341 e. The summed E-state index contributed by atoms with van der Waals surface area (Å²) >= 11 is 0. The summed E-state index contributed by atoms with van der Waals surface area (Å²) in [5.41, 5.74) is 1.79. The SMILES string of the molecule is CCN(CCNC(=O)COC(=O)c1ccc(F)cc1F)c1cccc(C)c1. The van der Waals surface area contributed by atoms with E-state index in [1.54, 1.807) is 0 Å². The second kappa shape index (κ2) is 9.66.